The Hall–Kier alpha value is -2.83. The van der Waals surface area contributed by atoms with Crippen molar-refractivity contribution < 1.29 is 14.5 Å². The van der Waals surface area contributed by atoms with Gasteiger partial charge in [-0.2, -0.15) is 0 Å². The highest BCUT2D eigenvalue weighted by Crippen LogP contribution is 2.28. The van der Waals surface area contributed by atoms with E-state index in [0.717, 1.165) is 0 Å². The highest BCUT2D eigenvalue weighted by Gasteiger charge is 2.17. The smallest absolute Gasteiger partial charge is 0.341 e. The van der Waals surface area contributed by atoms with Crippen molar-refractivity contribution in [3.8, 4) is 11.3 Å². The number of ether oxygens (including phenoxy) is 1. The quantitative estimate of drug-likeness (QED) is 0.507. The van der Waals surface area contributed by atoms with Crippen LogP contribution in [0.4, 0.5) is 11.5 Å². The molecule has 7 nitrogen and oxygen atoms in total. The van der Waals surface area contributed by atoms with Crippen LogP contribution in [-0.2, 0) is 4.74 Å². The summed E-state index contributed by atoms with van der Waals surface area (Å²) in [5.41, 5.74) is 7.56. The van der Waals surface area contributed by atoms with Gasteiger partial charge in [-0.25, -0.2) is 4.79 Å². The molecular weight excluding hydrogens is 262 g/mol. The zero-order valence-corrected chi connectivity index (χ0v) is 11.0. The normalized spacial score (nSPS) is 10.3. The van der Waals surface area contributed by atoms with Gasteiger partial charge in [-0.1, -0.05) is 12.1 Å². The molecule has 7 heteroatoms. The van der Waals surface area contributed by atoms with Crippen LogP contribution in [0.15, 0.2) is 24.3 Å². The van der Waals surface area contributed by atoms with Gasteiger partial charge in [-0.15, -0.1) is 0 Å². The number of nitrogens with one attached hydrogen (secondary N) is 1. The van der Waals surface area contributed by atoms with Crippen molar-refractivity contribution in [1.29, 1.82) is 0 Å². The largest absolute Gasteiger partial charge is 0.465 e. The number of nitrogens with zero attached hydrogens (tertiary/aromatic N) is 1. The first kappa shape index (κ1) is 13.6. The Labute approximate surface area is 114 Å². The summed E-state index contributed by atoms with van der Waals surface area (Å²) in [4.78, 5) is 24.8. The summed E-state index contributed by atoms with van der Waals surface area (Å²) in [6, 6.07) is 6.30. The van der Waals surface area contributed by atoms with E-state index in [4.69, 9.17) is 5.73 Å². The highest BCUT2D eigenvalue weighted by molar-refractivity contribution is 5.96. The van der Waals surface area contributed by atoms with Gasteiger partial charge in [0.15, 0.2) is 0 Å². The molecule has 0 unspecified atom stereocenters. The second kappa shape index (κ2) is 5.04. The van der Waals surface area contributed by atoms with Gasteiger partial charge < -0.3 is 15.5 Å². The molecule has 20 heavy (non-hydrogen) atoms. The van der Waals surface area contributed by atoms with Crippen LogP contribution in [0.25, 0.3) is 11.3 Å². The number of esters is 1. The number of nitro benzene ring substituents is 1. The molecule has 2 rings (SSSR count). The molecule has 2 aromatic rings. The number of carbonyl (C=O) groups excluding carboxylic acids is 1. The summed E-state index contributed by atoms with van der Waals surface area (Å²) >= 11 is 0. The SMILES string of the molecule is COC(=O)c1cc(-c2ccc(C)c([N+](=O)[O-])c2)[nH]c1N. The average molecular weight is 275 g/mol. The van der Waals surface area contributed by atoms with Crippen molar-refractivity contribution in [3.05, 3.63) is 45.5 Å². The standard InChI is InChI=1S/C13H13N3O4/c1-7-3-4-8(5-11(7)16(18)19)10-6-9(12(14)15-10)13(17)20-2/h3-6,15H,14H2,1-2H3. The molecule has 104 valence electrons. The number of aromatic nitrogens is 1. The molecule has 3 N–H and O–H groups in total. The highest BCUT2D eigenvalue weighted by atomic mass is 16.6. The zero-order chi connectivity index (χ0) is 14.9. The van der Waals surface area contributed by atoms with Crippen LogP contribution in [-0.4, -0.2) is 23.0 Å². The van der Waals surface area contributed by atoms with Crippen LogP contribution in [0.2, 0.25) is 0 Å². The fourth-order valence-electron chi connectivity index (χ4n) is 1.88. The Balaban J connectivity index is 2.50. The maximum atomic E-state index is 11.5. The number of hydrogen-bond acceptors (Lipinski definition) is 5. The Kier molecular flexibility index (Phi) is 3.43. The maximum Gasteiger partial charge on any atom is 0.341 e. The first-order chi connectivity index (χ1) is 9.43. The number of benzene rings is 1. The van der Waals surface area contributed by atoms with E-state index in [2.05, 4.69) is 9.72 Å². The molecule has 0 radical (unpaired) electrons. The van der Waals surface area contributed by atoms with Crippen molar-refractivity contribution >= 4 is 17.5 Å². The van der Waals surface area contributed by atoms with Crippen molar-refractivity contribution in [2.75, 3.05) is 12.8 Å². The van der Waals surface area contributed by atoms with Gasteiger partial charge in [0.05, 0.1) is 12.0 Å². The number of aryl methyl sites for hydroxylation is 1. The van der Waals surface area contributed by atoms with Crippen molar-refractivity contribution in [1.82, 2.24) is 4.98 Å². The van der Waals surface area contributed by atoms with Gasteiger partial charge in [0.25, 0.3) is 5.69 Å². The lowest BCUT2D eigenvalue weighted by atomic mass is 10.1. The molecular formula is C13H13N3O4. The number of hydrogen-bond donors (Lipinski definition) is 2. The monoisotopic (exact) mass is 275 g/mol. The molecule has 0 spiro atoms. The summed E-state index contributed by atoms with van der Waals surface area (Å²) in [6.45, 7) is 1.66. The van der Waals surface area contributed by atoms with E-state index < -0.39 is 10.9 Å². The van der Waals surface area contributed by atoms with Gasteiger partial charge >= 0.3 is 5.97 Å². The van der Waals surface area contributed by atoms with E-state index in [0.29, 0.717) is 16.8 Å². The number of methoxy groups -OCH3 is 1. The number of nitro groups is 1. The van der Waals surface area contributed by atoms with E-state index >= 15 is 0 Å². The van der Waals surface area contributed by atoms with Crippen LogP contribution in [0.1, 0.15) is 15.9 Å². The van der Waals surface area contributed by atoms with Gasteiger partial charge in [0, 0.05) is 22.9 Å². The third kappa shape index (κ3) is 2.33. The van der Waals surface area contributed by atoms with Crippen LogP contribution in [0.3, 0.4) is 0 Å². The molecule has 0 saturated heterocycles. The fraction of sp³-hybridized carbons (Fsp3) is 0.154. The number of nitrogen functional groups attached to an aromatic ring is 1. The minimum Gasteiger partial charge on any atom is -0.465 e. The minimum atomic E-state index is -0.563. The Bertz CT molecular complexity index is 691. The molecule has 0 aliphatic heterocycles. The van der Waals surface area contributed by atoms with Crippen LogP contribution in [0, 0.1) is 17.0 Å². The molecule has 0 aliphatic carbocycles. The molecule has 1 aromatic heterocycles. The van der Waals surface area contributed by atoms with E-state index in [1.807, 2.05) is 0 Å². The molecule has 1 heterocycles. The summed E-state index contributed by atoms with van der Waals surface area (Å²) < 4.78 is 4.60. The lowest BCUT2D eigenvalue weighted by Crippen LogP contribution is -2.02. The van der Waals surface area contributed by atoms with Crippen molar-refractivity contribution in [3.63, 3.8) is 0 Å². The van der Waals surface area contributed by atoms with Crippen LogP contribution in [0.5, 0.6) is 0 Å². The third-order valence-corrected chi connectivity index (χ3v) is 2.97. The number of carbonyl (C=O) groups is 1. The predicted octanol–water partition coefficient (Wildman–Crippen LogP) is 2.27. The van der Waals surface area contributed by atoms with Crippen molar-refractivity contribution in [2.45, 2.75) is 6.92 Å². The van der Waals surface area contributed by atoms with E-state index in [9.17, 15) is 14.9 Å². The first-order valence-electron chi connectivity index (χ1n) is 5.76. The molecule has 0 fully saturated rings. The minimum absolute atomic E-state index is 0.00953. The number of anilines is 1. The Morgan fingerprint density at radius 2 is 2.10 bits per heavy atom. The van der Waals surface area contributed by atoms with E-state index in [1.54, 1.807) is 19.1 Å². The summed E-state index contributed by atoms with van der Waals surface area (Å²) in [5.74, 6) is -0.401. The van der Waals surface area contributed by atoms with Crippen molar-refractivity contribution in [2.24, 2.45) is 0 Å². The first-order valence-corrected chi connectivity index (χ1v) is 5.76. The predicted molar refractivity (Wildman–Crippen MR) is 73.4 cm³/mol. The number of aromatic amines is 1. The topological polar surface area (TPSA) is 111 Å². The van der Waals surface area contributed by atoms with E-state index in [-0.39, 0.29) is 17.1 Å². The number of nitrogens with two attached hydrogens (primary N) is 1. The number of rotatable bonds is 3. The zero-order valence-electron chi connectivity index (χ0n) is 11.0. The molecule has 0 aliphatic rings. The van der Waals surface area contributed by atoms with Crippen LogP contribution < -0.4 is 5.73 Å². The summed E-state index contributed by atoms with van der Waals surface area (Å²) in [5, 5.41) is 10.9. The third-order valence-electron chi connectivity index (χ3n) is 2.97. The van der Waals surface area contributed by atoms with Gasteiger partial charge in [-0.05, 0) is 13.0 Å². The molecule has 0 atom stereocenters. The van der Waals surface area contributed by atoms with Gasteiger partial charge in [0.2, 0.25) is 0 Å². The second-order valence-electron chi connectivity index (χ2n) is 4.26. The van der Waals surface area contributed by atoms with Crippen LogP contribution >= 0.6 is 0 Å². The average Bonchev–Trinajstić information content (AvgIpc) is 2.80. The van der Waals surface area contributed by atoms with E-state index in [1.165, 1.54) is 19.2 Å². The Morgan fingerprint density at radius 1 is 1.40 bits per heavy atom. The lowest BCUT2D eigenvalue weighted by molar-refractivity contribution is -0.385. The molecule has 0 saturated carbocycles. The van der Waals surface area contributed by atoms with Gasteiger partial charge in [-0.3, -0.25) is 10.1 Å². The summed E-state index contributed by atoms with van der Waals surface area (Å²) in [6.07, 6.45) is 0. The Morgan fingerprint density at radius 3 is 2.70 bits per heavy atom. The van der Waals surface area contributed by atoms with Gasteiger partial charge in [0.1, 0.15) is 11.4 Å². The molecule has 1 aromatic carbocycles. The lowest BCUT2D eigenvalue weighted by Gasteiger charge is -2.01. The number of H-pyrrole nitrogens is 1. The molecule has 0 amide bonds. The molecule has 0 bridgehead atoms. The summed E-state index contributed by atoms with van der Waals surface area (Å²) in [7, 11) is 1.26. The fourth-order valence-corrected chi connectivity index (χ4v) is 1.88. The maximum absolute atomic E-state index is 11.5. The second-order valence-corrected chi connectivity index (χ2v) is 4.26.